The lowest BCUT2D eigenvalue weighted by molar-refractivity contribution is -0.116. The molecule has 0 saturated carbocycles. The van der Waals surface area contributed by atoms with E-state index < -0.39 is 0 Å². The average Bonchev–Trinajstić information content (AvgIpc) is 3.30. The number of para-hydroxylation sites is 1. The largest absolute Gasteiger partial charge is 0.345 e. The predicted octanol–water partition coefficient (Wildman–Crippen LogP) is 3.76. The second-order valence-corrected chi connectivity index (χ2v) is 7.82. The summed E-state index contributed by atoms with van der Waals surface area (Å²) < 4.78 is 3.47. The van der Waals surface area contributed by atoms with Gasteiger partial charge in [0, 0.05) is 28.9 Å². The van der Waals surface area contributed by atoms with Gasteiger partial charge in [-0.15, -0.1) is 17.9 Å². The minimum Gasteiger partial charge on any atom is -0.345 e. The van der Waals surface area contributed by atoms with Crippen LogP contribution in [0, 0.1) is 13.8 Å². The van der Waals surface area contributed by atoms with Gasteiger partial charge >= 0.3 is 0 Å². The molecule has 1 amide bonds. The van der Waals surface area contributed by atoms with E-state index in [1.807, 2.05) is 31.4 Å². The van der Waals surface area contributed by atoms with E-state index >= 15 is 0 Å². The van der Waals surface area contributed by atoms with E-state index in [4.69, 9.17) is 0 Å². The number of anilines is 1. The predicted molar refractivity (Wildman–Crippen MR) is 120 cm³/mol. The maximum Gasteiger partial charge on any atom is 0.261 e. The van der Waals surface area contributed by atoms with Crippen LogP contribution in [0.25, 0.3) is 22.2 Å². The van der Waals surface area contributed by atoms with Gasteiger partial charge in [-0.1, -0.05) is 18.2 Å². The monoisotopic (exact) mass is 419 g/mol. The number of fused-ring (bicyclic) bond motifs is 1. The summed E-state index contributed by atoms with van der Waals surface area (Å²) in [6, 6.07) is 9.15. The van der Waals surface area contributed by atoms with Crippen molar-refractivity contribution in [1.82, 2.24) is 19.1 Å². The number of carbonyl (C=O) groups excluding carboxylic acids is 1. The number of aromatic nitrogens is 4. The molecule has 0 radical (unpaired) electrons. The molecule has 152 valence electrons. The Labute approximate surface area is 177 Å². The number of hydrogen-bond acceptors (Lipinski definition) is 5. The number of thiazole rings is 1. The molecule has 0 fully saturated rings. The smallest absolute Gasteiger partial charge is 0.261 e. The number of hydrogen-bond donors (Lipinski definition) is 1. The fourth-order valence-corrected chi connectivity index (χ4v) is 4.18. The van der Waals surface area contributed by atoms with E-state index in [1.165, 1.54) is 22.2 Å². The van der Waals surface area contributed by atoms with Crippen LogP contribution in [0.5, 0.6) is 0 Å². The molecular weight excluding hydrogens is 398 g/mol. The summed E-state index contributed by atoms with van der Waals surface area (Å²) in [5.41, 5.74) is 4.43. The van der Waals surface area contributed by atoms with E-state index in [0.29, 0.717) is 16.0 Å². The molecule has 0 aliphatic heterocycles. The summed E-state index contributed by atoms with van der Waals surface area (Å²) in [5, 5.41) is 5.67. The molecule has 0 aliphatic rings. The summed E-state index contributed by atoms with van der Waals surface area (Å²) in [6.07, 6.45) is 3.26. The van der Waals surface area contributed by atoms with Crippen molar-refractivity contribution in [2.75, 3.05) is 5.32 Å². The molecule has 3 aromatic heterocycles. The van der Waals surface area contributed by atoms with Crippen molar-refractivity contribution in [2.24, 2.45) is 0 Å². The quantitative estimate of drug-likeness (QED) is 0.483. The van der Waals surface area contributed by atoms with Gasteiger partial charge in [-0.05, 0) is 32.0 Å². The first kappa shape index (κ1) is 19.8. The van der Waals surface area contributed by atoms with Gasteiger partial charge in [0.15, 0.2) is 5.13 Å². The minimum atomic E-state index is -0.327. The third-order valence-corrected chi connectivity index (χ3v) is 5.72. The zero-order valence-electron chi connectivity index (χ0n) is 16.8. The zero-order valence-corrected chi connectivity index (χ0v) is 17.6. The summed E-state index contributed by atoms with van der Waals surface area (Å²) in [7, 11) is 0. The number of benzene rings is 1. The molecule has 0 saturated heterocycles. The summed E-state index contributed by atoms with van der Waals surface area (Å²) in [5.74, 6) is -0.327. The Morgan fingerprint density at radius 2 is 2.10 bits per heavy atom. The standard InChI is InChI=1S/C22H21N5O2S/c1-4-9-27-14(2)10-17(15(27)3)19-12-30-22(24-19)25-20(28)11-26-13-23-18-8-6-5-7-16(18)21(26)29/h4-8,10,12-13H,1,9,11H2,2-3H3,(H,24,25,28). The normalized spacial score (nSPS) is 11.0. The molecule has 0 aliphatic carbocycles. The van der Waals surface area contributed by atoms with Gasteiger partial charge in [-0.3, -0.25) is 14.2 Å². The number of allylic oxidation sites excluding steroid dienone is 1. The van der Waals surface area contributed by atoms with Crippen LogP contribution in [0.2, 0.25) is 0 Å². The third-order valence-electron chi connectivity index (χ3n) is 4.96. The molecule has 0 bridgehead atoms. The summed E-state index contributed by atoms with van der Waals surface area (Å²) in [4.78, 5) is 33.8. The lowest BCUT2D eigenvalue weighted by Gasteiger charge is -2.06. The highest BCUT2D eigenvalue weighted by atomic mass is 32.1. The highest BCUT2D eigenvalue weighted by molar-refractivity contribution is 7.14. The van der Waals surface area contributed by atoms with Gasteiger partial charge in [0.25, 0.3) is 5.56 Å². The van der Waals surface area contributed by atoms with Crippen molar-refractivity contribution in [3.8, 4) is 11.3 Å². The van der Waals surface area contributed by atoms with Crippen LogP contribution in [0.4, 0.5) is 5.13 Å². The number of rotatable bonds is 6. The van der Waals surface area contributed by atoms with E-state index in [0.717, 1.165) is 29.2 Å². The molecule has 1 N–H and O–H groups in total. The highest BCUT2D eigenvalue weighted by Crippen LogP contribution is 2.30. The fraction of sp³-hybridized carbons (Fsp3) is 0.182. The van der Waals surface area contributed by atoms with Crippen molar-refractivity contribution in [1.29, 1.82) is 0 Å². The van der Waals surface area contributed by atoms with E-state index in [-0.39, 0.29) is 18.0 Å². The van der Waals surface area contributed by atoms with Crippen LogP contribution in [0.1, 0.15) is 11.4 Å². The Hall–Kier alpha value is -3.52. The second kappa shape index (κ2) is 8.08. The molecule has 8 heteroatoms. The van der Waals surface area contributed by atoms with Crippen molar-refractivity contribution < 1.29 is 4.79 Å². The molecule has 3 heterocycles. The van der Waals surface area contributed by atoms with Crippen molar-refractivity contribution in [3.05, 3.63) is 76.4 Å². The number of nitrogens with zero attached hydrogens (tertiary/aromatic N) is 4. The maximum absolute atomic E-state index is 12.6. The van der Waals surface area contributed by atoms with Crippen LogP contribution in [-0.4, -0.2) is 25.0 Å². The van der Waals surface area contributed by atoms with Crippen molar-refractivity contribution in [3.63, 3.8) is 0 Å². The Morgan fingerprint density at radius 1 is 1.30 bits per heavy atom. The third kappa shape index (κ3) is 3.69. The van der Waals surface area contributed by atoms with Crippen molar-refractivity contribution >= 4 is 33.3 Å². The summed E-state index contributed by atoms with van der Waals surface area (Å²) >= 11 is 1.35. The molecule has 4 aromatic rings. The van der Waals surface area contributed by atoms with Gasteiger partial charge in [-0.25, -0.2) is 9.97 Å². The fourth-order valence-electron chi connectivity index (χ4n) is 3.46. The van der Waals surface area contributed by atoms with Crippen molar-refractivity contribution in [2.45, 2.75) is 26.9 Å². The molecule has 0 spiro atoms. The molecule has 30 heavy (non-hydrogen) atoms. The number of amides is 1. The van der Waals surface area contributed by atoms with E-state index in [9.17, 15) is 9.59 Å². The van der Waals surface area contributed by atoms with Crippen LogP contribution < -0.4 is 10.9 Å². The first-order valence-corrected chi connectivity index (χ1v) is 10.3. The maximum atomic E-state index is 12.6. The van der Waals surface area contributed by atoms with Crippen LogP contribution in [0.15, 0.2) is 59.5 Å². The first-order chi connectivity index (χ1) is 14.5. The van der Waals surface area contributed by atoms with Gasteiger partial charge in [-0.2, -0.15) is 0 Å². The summed E-state index contributed by atoms with van der Waals surface area (Å²) in [6.45, 7) is 8.50. The van der Waals surface area contributed by atoms with Crippen LogP contribution in [-0.2, 0) is 17.9 Å². The van der Waals surface area contributed by atoms with Gasteiger partial charge in [0.05, 0.1) is 22.9 Å². The van der Waals surface area contributed by atoms with Gasteiger partial charge in [0.2, 0.25) is 5.91 Å². The first-order valence-electron chi connectivity index (χ1n) is 9.45. The lowest BCUT2D eigenvalue weighted by atomic mass is 10.2. The molecule has 1 aromatic carbocycles. The van der Waals surface area contributed by atoms with Crippen LogP contribution >= 0.6 is 11.3 Å². The lowest BCUT2D eigenvalue weighted by Crippen LogP contribution is -2.27. The SMILES string of the molecule is C=CCn1c(C)cc(-c2csc(NC(=O)Cn3cnc4ccccc4c3=O)n2)c1C. The molecular formula is C22H21N5O2S. The number of carbonyl (C=O) groups is 1. The van der Waals surface area contributed by atoms with E-state index in [2.05, 4.69) is 32.5 Å². The Balaban J connectivity index is 1.51. The number of aryl methyl sites for hydroxylation is 1. The van der Waals surface area contributed by atoms with Gasteiger partial charge in [0.1, 0.15) is 6.54 Å². The van der Waals surface area contributed by atoms with Gasteiger partial charge < -0.3 is 9.88 Å². The second-order valence-electron chi connectivity index (χ2n) is 6.96. The Kier molecular flexibility index (Phi) is 5.33. The minimum absolute atomic E-state index is 0.126. The molecule has 0 atom stereocenters. The number of nitrogens with one attached hydrogen (secondary N) is 1. The molecule has 4 rings (SSSR count). The topological polar surface area (TPSA) is 81.8 Å². The van der Waals surface area contributed by atoms with Crippen LogP contribution in [0.3, 0.4) is 0 Å². The van der Waals surface area contributed by atoms with E-state index in [1.54, 1.807) is 18.2 Å². The highest BCUT2D eigenvalue weighted by Gasteiger charge is 2.15. The Morgan fingerprint density at radius 3 is 2.90 bits per heavy atom. The molecule has 7 nitrogen and oxygen atoms in total. The Bertz CT molecular complexity index is 1310. The molecule has 0 unspecified atom stereocenters. The average molecular weight is 420 g/mol. The zero-order chi connectivity index (χ0) is 21.3.